The Kier molecular flexibility index (Phi) is 3.04. The van der Waals surface area contributed by atoms with Crippen LogP contribution in [0, 0.1) is 5.92 Å². The van der Waals surface area contributed by atoms with Crippen molar-refractivity contribution < 1.29 is 30.0 Å². The van der Waals surface area contributed by atoms with Crippen molar-refractivity contribution in [3.8, 4) is 17.2 Å². The molecule has 0 bridgehead atoms. The first kappa shape index (κ1) is 15.7. The summed E-state index contributed by atoms with van der Waals surface area (Å²) in [6.07, 6.45) is -0.899. The molecule has 0 amide bonds. The lowest BCUT2D eigenvalue weighted by atomic mass is 9.48. The molecular formula is C18H22O6. The molecule has 1 aliphatic heterocycles. The van der Waals surface area contributed by atoms with Gasteiger partial charge in [-0.15, -0.1) is 0 Å². The zero-order valence-electron chi connectivity index (χ0n) is 13.7. The van der Waals surface area contributed by atoms with Gasteiger partial charge in [-0.1, -0.05) is 20.3 Å². The summed E-state index contributed by atoms with van der Waals surface area (Å²) in [4.78, 5) is 12.6. The van der Waals surface area contributed by atoms with Gasteiger partial charge in [-0.05, 0) is 18.8 Å². The molecule has 5 atom stereocenters. The maximum absolute atomic E-state index is 12.6. The highest BCUT2D eigenvalue weighted by molar-refractivity contribution is 5.90. The molecular weight excluding hydrogens is 312 g/mol. The van der Waals surface area contributed by atoms with Crippen molar-refractivity contribution in [2.75, 3.05) is 0 Å². The van der Waals surface area contributed by atoms with Crippen LogP contribution in [0.5, 0.6) is 17.2 Å². The van der Waals surface area contributed by atoms with Gasteiger partial charge in [-0.25, -0.2) is 0 Å². The van der Waals surface area contributed by atoms with E-state index in [1.807, 2.05) is 13.8 Å². The number of ether oxygens (including phenoxy) is 1. The lowest BCUT2D eigenvalue weighted by Gasteiger charge is -2.58. The number of aromatic hydroxyl groups is 2. The quantitative estimate of drug-likeness (QED) is 0.646. The average Bonchev–Trinajstić information content (AvgIpc) is 2.86. The smallest absolute Gasteiger partial charge is 0.177 e. The van der Waals surface area contributed by atoms with Crippen LogP contribution in [0.1, 0.15) is 44.2 Å². The largest absolute Gasteiger partial charge is 0.508 e. The Balaban J connectivity index is 2.12. The predicted molar refractivity (Wildman–Crippen MR) is 84.2 cm³/mol. The fourth-order valence-corrected chi connectivity index (χ4v) is 5.40. The number of ketones is 1. The number of rotatable bonds is 2. The average molecular weight is 334 g/mol. The van der Waals surface area contributed by atoms with E-state index < -0.39 is 23.2 Å². The van der Waals surface area contributed by atoms with E-state index in [0.717, 1.165) is 0 Å². The molecule has 24 heavy (non-hydrogen) atoms. The number of hydrogen-bond acceptors (Lipinski definition) is 6. The number of aliphatic hydroxyl groups excluding tert-OH is 1. The second-order valence-electron chi connectivity index (χ2n) is 7.43. The Morgan fingerprint density at radius 1 is 1.29 bits per heavy atom. The molecule has 0 aromatic heterocycles. The summed E-state index contributed by atoms with van der Waals surface area (Å²) in [5.41, 5.74) is -1.59. The van der Waals surface area contributed by atoms with Gasteiger partial charge in [0.05, 0.1) is 11.5 Å². The molecule has 2 aliphatic carbocycles. The molecule has 1 unspecified atom stereocenters. The summed E-state index contributed by atoms with van der Waals surface area (Å²) in [7, 11) is 0. The number of hydrogen-bond donors (Lipinski definition) is 4. The Bertz CT molecular complexity index is 744. The highest BCUT2D eigenvalue weighted by Crippen LogP contribution is 2.65. The molecule has 6 nitrogen and oxygen atoms in total. The topological polar surface area (TPSA) is 107 Å². The standard InChI is InChI=1S/C18H22O6/c1-3-4-17-14-9-5-8(2)18(17,23)13(22)7-12(21)16(17)24-15(14)11(20)6-10(9)19/h6,8,13,16,19-20,22-23H,3-5,7H2,1-2H3/t8-,13?,16+,17+,18+/m1/s1. The summed E-state index contributed by atoms with van der Waals surface area (Å²) in [6, 6.07) is 1.23. The van der Waals surface area contributed by atoms with Crippen LogP contribution in [-0.2, 0) is 16.6 Å². The van der Waals surface area contributed by atoms with E-state index in [-0.39, 0.29) is 35.4 Å². The van der Waals surface area contributed by atoms with E-state index in [1.165, 1.54) is 6.07 Å². The van der Waals surface area contributed by atoms with Crippen LogP contribution in [0.25, 0.3) is 0 Å². The van der Waals surface area contributed by atoms with Gasteiger partial charge >= 0.3 is 0 Å². The van der Waals surface area contributed by atoms with Crippen LogP contribution in [0.3, 0.4) is 0 Å². The van der Waals surface area contributed by atoms with Gasteiger partial charge in [0.25, 0.3) is 0 Å². The Morgan fingerprint density at radius 3 is 2.67 bits per heavy atom. The molecule has 4 rings (SSSR count). The first-order valence-electron chi connectivity index (χ1n) is 8.47. The lowest BCUT2D eigenvalue weighted by molar-refractivity contribution is -0.205. The van der Waals surface area contributed by atoms with Crippen molar-refractivity contribution in [3.05, 3.63) is 17.2 Å². The van der Waals surface area contributed by atoms with Gasteiger partial charge < -0.3 is 25.2 Å². The maximum Gasteiger partial charge on any atom is 0.177 e. The van der Waals surface area contributed by atoms with Crippen LogP contribution in [0.2, 0.25) is 0 Å². The van der Waals surface area contributed by atoms with E-state index >= 15 is 0 Å². The minimum absolute atomic E-state index is 0.0626. The zero-order chi connectivity index (χ0) is 17.4. The maximum atomic E-state index is 12.6. The SMILES string of the molecule is CCC[C@]12c3c4c(O)cc(O)c3O[C@H]1C(=O)CC(O)[C@@]2(O)[C@H](C)C4. The van der Waals surface area contributed by atoms with Crippen LogP contribution >= 0.6 is 0 Å². The summed E-state index contributed by atoms with van der Waals surface area (Å²) in [5, 5.41) is 42.8. The number of phenols is 2. The van der Waals surface area contributed by atoms with Crippen molar-refractivity contribution in [2.24, 2.45) is 5.92 Å². The van der Waals surface area contributed by atoms with Gasteiger partial charge in [-0.3, -0.25) is 4.79 Å². The monoisotopic (exact) mass is 334 g/mol. The molecule has 0 spiro atoms. The van der Waals surface area contributed by atoms with E-state index in [2.05, 4.69) is 0 Å². The third-order valence-corrected chi connectivity index (χ3v) is 6.29. The molecule has 4 N–H and O–H groups in total. The Hall–Kier alpha value is -1.79. The number of benzene rings is 1. The van der Waals surface area contributed by atoms with Gasteiger partial charge in [0.1, 0.15) is 11.4 Å². The number of Topliss-reactive ketones (excluding diaryl/α,β-unsaturated/α-hetero) is 1. The molecule has 0 radical (unpaired) electrons. The van der Waals surface area contributed by atoms with Crippen molar-refractivity contribution in [1.82, 2.24) is 0 Å². The van der Waals surface area contributed by atoms with Gasteiger partial charge in [-0.2, -0.15) is 0 Å². The second-order valence-corrected chi connectivity index (χ2v) is 7.43. The number of aliphatic hydroxyl groups is 2. The van der Waals surface area contributed by atoms with Crippen molar-refractivity contribution in [1.29, 1.82) is 0 Å². The summed E-state index contributed by atoms with van der Waals surface area (Å²) in [5.74, 6) is -0.792. The molecule has 1 aromatic rings. The third-order valence-electron chi connectivity index (χ3n) is 6.29. The predicted octanol–water partition coefficient (Wildman–Crippen LogP) is 1.15. The fourth-order valence-electron chi connectivity index (χ4n) is 5.40. The van der Waals surface area contributed by atoms with Gasteiger partial charge in [0.15, 0.2) is 23.4 Å². The highest BCUT2D eigenvalue weighted by Gasteiger charge is 2.73. The zero-order valence-corrected chi connectivity index (χ0v) is 13.7. The molecule has 6 heteroatoms. The van der Waals surface area contributed by atoms with Crippen molar-refractivity contribution >= 4 is 5.78 Å². The number of phenolic OH excluding ortho intramolecular Hbond substituents is 2. The van der Waals surface area contributed by atoms with E-state index in [4.69, 9.17) is 4.74 Å². The van der Waals surface area contributed by atoms with E-state index in [0.29, 0.717) is 30.4 Å². The van der Waals surface area contributed by atoms with Crippen LogP contribution in [0.15, 0.2) is 6.07 Å². The fraction of sp³-hybridized carbons (Fsp3) is 0.611. The molecule has 130 valence electrons. The van der Waals surface area contributed by atoms with Crippen LogP contribution in [-0.4, -0.2) is 44.0 Å². The summed E-state index contributed by atoms with van der Waals surface area (Å²) in [6.45, 7) is 3.75. The normalized spacial score (nSPS) is 39.5. The highest BCUT2D eigenvalue weighted by atomic mass is 16.5. The summed E-state index contributed by atoms with van der Waals surface area (Å²) >= 11 is 0. The Labute approximate surface area is 139 Å². The minimum atomic E-state index is -1.54. The van der Waals surface area contributed by atoms with Gasteiger partial charge in [0.2, 0.25) is 0 Å². The molecule has 0 saturated heterocycles. The lowest BCUT2D eigenvalue weighted by Crippen LogP contribution is -2.73. The molecule has 1 heterocycles. The molecule has 1 saturated carbocycles. The Morgan fingerprint density at radius 2 is 2.00 bits per heavy atom. The third kappa shape index (κ3) is 1.47. The molecule has 3 aliphatic rings. The van der Waals surface area contributed by atoms with E-state index in [9.17, 15) is 25.2 Å². The van der Waals surface area contributed by atoms with Crippen molar-refractivity contribution in [3.63, 3.8) is 0 Å². The van der Waals surface area contributed by atoms with Crippen LogP contribution in [0.4, 0.5) is 0 Å². The summed E-state index contributed by atoms with van der Waals surface area (Å²) < 4.78 is 5.84. The molecule has 1 aromatic carbocycles. The van der Waals surface area contributed by atoms with Gasteiger partial charge in [0, 0.05) is 23.6 Å². The number of carbonyl (C=O) groups is 1. The number of carbonyl (C=O) groups excluding carboxylic acids is 1. The minimum Gasteiger partial charge on any atom is -0.508 e. The molecule has 1 fully saturated rings. The first-order chi connectivity index (χ1) is 11.3. The first-order valence-corrected chi connectivity index (χ1v) is 8.47. The van der Waals surface area contributed by atoms with Crippen molar-refractivity contribution in [2.45, 2.75) is 62.8 Å². The second kappa shape index (κ2) is 4.64. The van der Waals surface area contributed by atoms with E-state index in [1.54, 1.807) is 0 Å². The van der Waals surface area contributed by atoms with Crippen LogP contribution < -0.4 is 4.74 Å².